The van der Waals surface area contributed by atoms with E-state index < -0.39 is 8.07 Å². The molecule has 0 radical (unpaired) electrons. The van der Waals surface area contributed by atoms with Gasteiger partial charge in [-0.1, -0.05) is 160 Å². The third-order valence-electron chi connectivity index (χ3n) is 10.2. The minimum absolute atomic E-state index is 0. The SMILES string of the molecule is CCCCCC[Si](CCCCCC)(c1cc2c(-c3cccc(C)c3)cccc2[cH-]1)c1cc2c(-c3cccc(C)c3)cccc2[cH-]1.[CH3-].[CH3-].[Hf+4]. The van der Waals surface area contributed by atoms with Crippen molar-refractivity contribution in [2.24, 2.45) is 0 Å². The van der Waals surface area contributed by atoms with Gasteiger partial charge in [-0.25, -0.2) is 0 Å². The van der Waals surface area contributed by atoms with Crippen LogP contribution in [0.5, 0.6) is 0 Å². The smallest absolute Gasteiger partial charge is 0.358 e. The molecular formula is C46H56HfSi. The van der Waals surface area contributed by atoms with Crippen LogP contribution in [0.15, 0.2) is 109 Å². The zero-order chi connectivity index (χ0) is 31.2. The van der Waals surface area contributed by atoms with Crippen LogP contribution in [0.3, 0.4) is 0 Å². The average Bonchev–Trinajstić information content (AvgIpc) is 3.69. The van der Waals surface area contributed by atoms with Crippen molar-refractivity contribution in [1.82, 2.24) is 0 Å². The predicted molar refractivity (Wildman–Crippen MR) is 215 cm³/mol. The standard InChI is InChI=1S/C44H50Si.2CH3.Hf/c1-5-7-9-11-25-45(26-12-10-8-6-2,39-29-37-21-15-23-41(43(37)31-39)35-19-13-17-33(3)27-35)40-30-38-22-16-24-42(44(38)32-40)36-20-14-18-34(4)28-36;;;/h13-24,27-32H,5-12,25-26H2,1-4H3;2*1H3;/q-2;2*-1;+4. The van der Waals surface area contributed by atoms with Crippen molar-refractivity contribution in [2.75, 3.05) is 0 Å². The molecule has 248 valence electrons. The molecule has 0 amide bonds. The fourth-order valence-corrected chi connectivity index (χ4v) is 12.9. The first-order valence-corrected chi connectivity index (χ1v) is 20.0. The summed E-state index contributed by atoms with van der Waals surface area (Å²) >= 11 is 0. The summed E-state index contributed by atoms with van der Waals surface area (Å²) < 4.78 is 0. The number of benzene rings is 4. The Kier molecular flexibility index (Phi) is 15.1. The molecule has 0 aliphatic heterocycles. The summed E-state index contributed by atoms with van der Waals surface area (Å²) in [4.78, 5) is 0. The molecule has 0 spiro atoms. The molecule has 0 aliphatic carbocycles. The third kappa shape index (κ3) is 8.48. The van der Waals surface area contributed by atoms with Crippen LogP contribution in [-0.2, 0) is 25.8 Å². The maximum Gasteiger partial charge on any atom is 4.00 e. The number of aryl methyl sites for hydroxylation is 2. The molecule has 0 saturated heterocycles. The molecule has 6 aromatic carbocycles. The van der Waals surface area contributed by atoms with Gasteiger partial charge in [-0.2, -0.15) is 12.1 Å². The van der Waals surface area contributed by atoms with Crippen LogP contribution in [0.25, 0.3) is 43.8 Å². The van der Waals surface area contributed by atoms with Crippen molar-refractivity contribution in [3.63, 3.8) is 0 Å². The summed E-state index contributed by atoms with van der Waals surface area (Å²) in [6.45, 7) is 9.08. The van der Waals surface area contributed by atoms with E-state index in [2.05, 4.69) is 137 Å². The minimum atomic E-state index is -2.08. The Morgan fingerprint density at radius 1 is 0.500 bits per heavy atom. The first kappa shape index (κ1) is 39.6. The van der Waals surface area contributed by atoms with E-state index in [0.29, 0.717) is 0 Å². The van der Waals surface area contributed by atoms with E-state index in [1.807, 2.05) is 0 Å². The van der Waals surface area contributed by atoms with E-state index in [0.717, 1.165) is 0 Å². The second-order valence-electron chi connectivity index (χ2n) is 13.5. The van der Waals surface area contributed by atoms with E-state index in [-0.39, 0.29) is 40.7 Å². The Hall–Kier alpha value is -2.81. The second-order valence-corrected chi connectivity index (χ2v) is 17.9. The van der Waals surface area contributed by atoms with Gasteiger partial charge in [0.2, 0.25) is 0 Å². The summed E-state index contributed by atoms with van der Waals surface area (Å²) in [6.07, 6.45) is 10.6. The molecule has 2 heteroatoms. The summed E-state index contributed by atoms with van der Waals surface area (Å²) in [6, 6.07) is 45.1. The molecule has 0 nitrogen and oxygen atoms in total. The molecule has 0 aromatic heterocycles. The van der Waals surface area contributed by atoms with Gasteiger partial charge < -0.3 is 14.9 Å². The number of hydrogen-bond donors (Lipinski definition) is 0. The maximum atomic E-state index is 2.64. The van der Waals surface area contributed by atoms with Gasteiger partial charge in [0.05, 0.1) is 8.07 Å². The fraction of sp³-hybridized carbons (Fsp3) is 0.304. The van der Waals surface area contributed by atoms with Crippen LogP contribution in [0.4, 0.5) is 0 Å². The van der Waals surface area contributed by atoms with Gasteiger partial charge in [0.25, 0.3) is 0 Å². The normalized spacial score (nSPS) is 11.2. The number of fused-ring (bicyclic) bond motifs is 2. The molecule has 0 saturated carbocycles. The number of hydrogen-bond acceptors (Lipinski definition) is 0. The topological polar surface area (TPSA) is 0 Å². The van der Waals surface area contributed by atoms with E-state index in [1.165, 1.54) is 118 Å². The third-order valence-corrected chi connectivity index (χ3v) is 15.4. The largest absolute Gasteiger partial charge is 4.00 e. The maximum absolute atomic E-state index is 2.64. The van der Waals surface area contributed by atoms with Gasteiger partial charge >= 0.3 is 25.8 Å². The molecule has 6 rings (SSSR count). The summed E-state index contributed by atoms with van der Waals surface area (Å²) in [7, 11) is -2.08. The van der Waals surface area contributed by atoms with Crippen molar-refractivity contribution in [3.8, 4) is 22.3 Å². The second kappa shape index (κ2) is 18.3. The fourth-order valence-electron chi connectivity index (χ4n) is 7.73. The molecule has 0 aliphatic rings. The zero-order valence-corrected chi connectivity index (χ0v) is 35.1. The number of unbranched alkanes of at least 4 members (excludes halogenated alkanes) is 6. The van der Waals surface area contributed by atoms with Crippen molar-refractivity contribution < 1.29 is 25.8 Å². The van der Waals surface area contributed by atoms with Gasteiger partial charge in [-0.15, -0.1) is 68.3 Å². The van der Waals surface area contributed by atoms with Crippen LogP contribution >= 0.6 is 0 Å². The van der Waals surface area contributed by atoms with Gasteiger partial charge in [-0.05, 0) is 25.0 Å². The molecule has 0 N–H and O–H groups in total. The Morgan fingerprint density at radius 3 is 1.31 bits per heavy atom. The molecule has 0 bridgehead atoms. The van der Waals surface area contributed by atoms with Crippen LogP contribution in [-0.4, -0.2) is 8.07 Å². The first-order chi connectivity index (χ1) is 22.0. The average molecular weight is 816 g/mol. The molecule has 0 heterocycles. The van der Waals surface area contributed by atoms with Crippen LogP contribution in [0.2, 0.25) is 12.1 Å². The van der Waals surface area contributed by atoms with Gasteiger partial charge in [0, 0.05) is 0 Å². The van der Waals surface area contributed by atoms with Gasteiger partial charge in [0.15, 0.2) is 0 Å². The van der Waals surface area contributed by atoms with E-state index in [4.69, 9.17) is 0 Å². The zero-order valence-electron chi connectivity index (χ0n) is 30.5. The summed E-state index contributed by atoms with van der Waals surface area (Å²) in [5, 5.41) is 8.96. The van der Waals surface area contributed by atoms with Crippen molar-refractivity contribution >= 4 is 40.0 Å². The Labute approximate surface area is 312 Å². The monoisotopic (exact) mass is 816 g/mol. The molecule has 0 fully saturated rings. The molecule has 0 atom stereocenters. The Balaban J connectivity index is 0.00000208. The van der Waals surface area contributed by atoms with Crippen molar-refractivity contribution in [1.29, 1.82) is 0 Å². The molecular weight excluding hydrogens is 759 g/mol. The van der Waals surface area contributed by atoms with Crippen LogP contribution < -0.4 is 10.4 Å². The number of rotatable bonds is 14. The molecule has 48 heavy (non-hydrogen) atoms. The van der Waals surface area contributed by atoms with E-state index in [9.17, 15) is 0 Å². The van der Waals surface area contributed by atoms with Crippen molar-refractivity contribution in [2.45, 2.75) is 91.1 Å². The quantitative estimate of drug-likeness (QED) is 0.0584. The Bertz CT molecular complexity index is 1730. The molecule has 6 aromatic rings. The van der Waals surface area contributed by atoms with E-state index >= 15 is 0 Å². The van der Waals surface area contributed by atoms with Crippen LogP contribution in [0.1, 0.15) is 76.3 Å². The summed E-state index contributed by atoms with van der Waals surface area (Å²) in [5.41, 5.74) is 8.04. The molecule has 0 unspecified atom stereocenters. The summed E-state index contributed by atoms with van der Waals surface area (Å²) in [5.74, 6) is 0. The van der Waals surface area contributed by atoms with Crippen molar-refractivity contribution in [3.05, 3.63) is 135 Å². The Morgan fingerprint density at radius 2 is 0.917 bits per heavy atom. The first-order valence-electron chi connectivity index (χ1n) is 17.6. The van der Waals surface area contributed by atoms with Crippen LogP contribution in [0, 0.1) is 28.7 Å². The van der Waals surface area contributed by atoms with E-state index in [1.54, 1.807) is 10.4 Å². The minimum Gasteiger partial charge on any atom is -0.358 e. The predicted octanol–water partition coefficient (Wildman–Crippen LogP) is 13.0. The van der Waals surface area contributed by atoms with Gasteiger partial charge in [-0.3, -0.25) is 0 Å². The van der Waals surface area contributed by atoms with Gasteiger partial charge in [0.1, 0.15) is 0 Å².